The van der Waals surface area contributed by atoms with Crippen LogP contribution in [-0.4, -0.2) is 11.9 Å². The molecule has 0 unspecified atom stereocenters. The van der Waals surface area contributed by atoms with Gasteiger partial charge in [0.05, 0.1) is 0 Å². The lowest BCUT2D eigenvalue weighted by molar-refractivity contribution is 0.0191. The zero-order valence-corrected chi connectivity index (χ0v) is 5.96. The molecule has 0 spiro atoms. The van der Waals surface area contributed by atoms with E-state index in [1.807, 2.05) is 6.92 Å². The van der Waals surface area contributed by atoms with E-state index in [1.54, 1.807) is 0 Å². The highest BCUT2D eigenvalue weighted by Crippen LogP contribution is 2.02. The van der Waals surface area contributed by atoms with Crippen molar-refractivity contribution in [2.45, 2.75) is 25.6 Å². The predicted molar refractivity (Wildman–Crippen MR) is 36.7 cm³/mol. The van der Waals surface area contributed by atoms with Gasteiger partial charge in [-0.15, -0.1) is 0 Å². The number of ether oxygens (including phenoxy) is 1. The maximum Gasteiger partial charge on any atom is 0.407 e. The molecule has 1 amide bonds. The fraction of sp³-hybridized carbons (Fsp3) is 0.800. The van der Waals surface area contributed by atoms with Crippen molar-refractivity contribution in [3.05, 3.63) is 0 Å². The molecule has 0 bridgehead atoms. The first-order valence-electron chi connectivity index (χ1n) is 3.04. The Hall–Kier alpha value is -0.810. The summed E-state index contributed by atoms with van der Waals surface area (Å²) in [4.78, 5) is 10.1. The van der Waals surface area contributed by atoms with Gasteiger partial charge in [0, 0.05) is 6.42 Å². The number of primary amides is 1. The van der Waals surface area contributed by atoms with E-state index in [0.717, 1.165) is 6.42 Å². The van der Waals surface area contributed by atoms with Crippen LogP contribution in [0.4, 0.5) is 4.79 Å². The number of nitrogens with two attached hydrogens (primary N) is 3. The van der Waals surface area contributed by atoms with Gasteiger partial charge in [-0.1, -0.05) is 6.92 Å². The van der Waals surface area contributed by atoms with Crippen LogP contribution in [0.15, 0.2) is 0 Å². The second-order valence-corrected chi connectivity index (χ2v) is 2.13. The summed E-state index contributed by atoms with van der Waals surface area (Å²) in [5.74, 6) is -1.40. The average Bonchev–Trinajstić information content (AvgIpc) is 1.59. The van der Waals surface area contributed by atoms with Gasteiger partial charge in [-0.05, 0) is 6.42 Å². The largest absolute Gasteiger partial charge is 0.415 e. The van der Waals surface area contributed by atoms with E-state index in [1.165, 1.54) is 0 Å². The topological polar surface area (TPSA) is 104 Å². The van der Waals surface area contributed by atoms with Gasteiger partial charge in [-0.2, -0.15) is 0 Å². The molecule has 0 aliphatic heterocycles. The first-order chi connectivity index (χ1) is 4.48. The third-order valence-electron chi connectivity index (χ3n) is 0.931. The highest BCUT2D eigenvalue weighted by molar-refractivity contribution is 5.65. The van der Waals surface area contributed by atoms with Crippen LogP contribution in [0.3, 0.4) is 0 Å². The zero-order chi connectivity index (χ0) is 8.20. The average molecular weight is 147 g/mol. The molecule has 0 aromatic rings. The summed E-state index contributed by atoms with van der Waals surface area (Å²) in [6.45, 7) is 1.87. The van der Waals surface area contributed by atoms with E-state index in [0.29, 0.717) is 6.42 Å². The third-order valence-corrected chi connectivity index (χ3v) is 0.931. The smallest absolute Gasteiger partial charge is 0.407 e. The van der Waals surface area contributed by atoms with Gasteiger partial charge in [0.15, 0.2) is 0 Å². The lowest BCUT2D eigenvalue weighted by Gasteiger charge is -2.22. The normalized spacial score (nSPS) is 11.1. The molecule has 60 valence electrons. The van der Waals surface area contributed by atoms with Crippen molar-refractivity contribution < 1.29 is 9.53 Å². The molecule has 0 rings (SSSR count). The molecule has 0 aromatic heterocycles. The molecule has 0 aliphatic carbocycles. The maximum atomic E-state index is 10.1. The quantitative estimate of drug-likeness (QED) is 0.466. The molecule has 0 aromatic carbocycles. The van der Waals surface area contributed by atoms with E-state index < -0.39 is 11.9 Å². The van der Waals surface area contributed by atoms with Gasteiger partial charge < -0.3 is 10.5 Å². The number of hydrogen-bond donors (Lipinski definition) is 3. The Morgan fingerprint density at radius 3 is 2.40 bits per heavy atom. The number of carbonyl (C=O) groups excluding carboxylic acids is 1. The Labute approximate surface area is 59.5 Å². The fourth-order valence-corrected chi connectivity index (χ4v) is 0.629. The van der Waals surface area contributed by atoms with Crippen LogP contribution in [0.5, 0.6) is 0 Å². The van der Waals surface area contributed by atoms with Crippen LogP contribution in [0, 0.1) is 0 Å². The molecule has 5 heteroatoms. The first kappa shape index (κ1) is 9.19. The molecule has 0 saturated carbocycles. The minimum Gasteiger partial charge on any atom is -0.415 e. The summed E-state index contributed by atoms with van der Waals surface area (Å²) in [7, 11) is 0. The van der Waals surface area contributed by atoms with Crippen molar-refractivity contribution in [3.8, 4) is 0 Å². The van der Waals surface area contributed by atoms with Crippen molar-refractivity contribution in [2.24, 2.45) is 17.2 Å². The molecule has 6 N–H and O–H groups in total. The standard InChI is InChI=1S/C5H13N3O2/c1-2-3-5(7,8)10-4(6)9/h2-3,7-8H2,1H3,(H2,6,9). The summed E-state index contributed by atoms with van der Waals surface area (Å²) >= 11 is 0. The summed E-state index contributed by atoms with van der Waals surface area (Å²) in [6.07, 6.45) is 0.189. The zero-order valence-electron chi connectivity index (χ0n) is 5.96. The molecule has 0 saturated heterocycles. The predicted octanol–water partition coefficient (Wildman–Crippen LogP) is -0.547. The number of amides is 1. The molecule has 0 fully saturated rings. The van der Waals surface area contributed by atoms with Gasteiger partial charge in [-0.3, -0.25) is 11.5 Å². The summed E-state index contributed by atoms with van der Waals surface area (Å²) < 4.78 is 4.37. The van der Waals surface area contributed by atoms with Crippen molar-refractivity contribution in [1.82, 2.24) is 0 Å². The molecule has 0 aliphatic rings. The van der Waals surface area contributed by atoms with Crippen molar-refractivity contribution in [1.29, 1.82) is 0 Å². The third kappa shape index (κ3) is 4.11. The van der Waals surface area contributed by atoms with Gasteiger partial charge in [-0.25, -0.2) is 4.79 Å². The van der Waals surface area contributed by atoms with E-state index in [-0.39, 0.29) is 0 Å². The Bertz CT molecular complexity index is 124. The van der Waals surface area contributed by atoms with Crippen molar-refractivity contribution in [3.63, 3.8) is 0 Å². The highest BCUT2D eigenvalue weighted by Gasteiger charge is 2.20. The van der Waals surface area contributed by atoms with Gasteiger partial charge in [0.25, 0.3) is 0 Å². The Morgan fingerprint density at radius 1 is 1.60 bits per heavy atom. The molecule has 0 atom stereocenters. The Morgan fingerprint density at radius 2 is 2.10 bits per heavy atom. The van der Waals surface area contributed by atoms with Crippen LogP contribution < -0.4 is 17.2 Å². The molecule has 5 nitrogen and oxygen atoms in total. The SMILES string of the molecule is CCCC(N)(N)OC(N)=O. The Kier molecular flexibility index (Phi) is 3.11. The van der Waals surface area contributed by atoms with E-state index >= 15 is 0 Å². The van der Waals surface area contributed by atoms with Crippen LogP contribution in [-0.2, 0) is 4.74 Å². The molecule has 10 heavy (non-hydrogen) atoms. The van der Waals surface area contributed by atoms with Crippen molar-refractivity contribution in [2.75, 3.05) is 0 Å². The van der Waals surface area contributed by atoms with E-state index in [9.17, 15) is 4.79 Å². The second kappa shape index (κ2) is 3.38. The molecular formula is C5H13N3O2. The second-order valence-electron chi connectivity index (χ2n) is 2.13. The fourth-order valence-electron chi connectivity index (χ4n) is 0.629. The minimum atomic E-state index is -1.40. The number of hydrogen-bond acceptors (Lipinski definition) is 4. The minimum absolute atomic E-state index is 0.399. The lowest BCUT2D eigenvalue weighted by Crippen LogP contribution is -2.53. The molecular weight excluding hydrogens is 134 g/mol. The summed E-state index contributed by atoms with van der Waals surface area (Å²) in [6, 6.07) is 0. The first-order valence-corrected chi connectivity index (χ1v) is 3.04. The summed E-state index contributed by atoms with van der Waals surface area (Å²) in [5.41, 5.74) is 15.3. The lowest BCUT2D eigenvalue weighted by atomic mass is 10.2. The van der Waals surface area contributed by atoms with Gasteiger partial charge >= 0.3 is 6.09 Å². The van der Waals surface area contributed by atoms with E-state index in [2.05, 4.69) is 10.5 Å². The summed E-state index contributed by atoms with van der Waals surface area (Å²) in [5, 5.41) is 0. The maximum absolute atomic E-state index is 10.1. The van der Waals surface area contributed by atoms with Crippen LogP contribution in [0.2, 0.25) is 0 Å². The van der Waals surface area contributed by atoms with Gasteiger partial charge in [0.2, 0.25) is 5.85 Å². The molecule has 0 radical (unpaired) electrons. The monoisotopic (exact) mass is 147 g/mol. The highest BCUT2D eigenvalue weighted by atomic mass is 16.6. The van der Waals surface area contributed by atoms with Crippen molar-refractivity contribution >= 4 is 6.09 Å². The van der Waals surface area contributed by atoms with Gasteiger partial charge in [0.1, 0.15) is 0 Å². The van der Waals surface area contributed by atoms with E-state index in [4.69, 9.17) is 11.5 Å². The van der Waals surface area contributed by atoms with Crippen LogP contribution in [0.25, 0.3) is 0 Å². The number of carbonyl (C=O) groups is 1. The Balaban J connectivity index is 3.74. The number of rotatable bonds is 3. The van der Waals surface area contributed by atoms with Crippen LogP contribution in [0.1, 0.15) is 19.8 Å². The van der Waals surface area contributed by atoms with Crippen LogP contribution >= 0.6 is 0 Å². The molecule has 0 heterocycles.